The van der Waals surface area contributed by atoms with Crippen LogP contribution in [0.3, 0.4) is 0 Å². The highest BCUT2D eigenvalue weighted by Gasteiger charge is 2.28. The average Bonchev–Trinajstić information content (AvgIpc) is 2.72. The van der Waals surface area contributed by atoms with Crippen molar-refractivity contribution < 1.29 is 17.9 Å². The normalized spacial score (nSPS) is 16.0. The number of aromatic nitrogens is 5. The number of ether oxygens (including phenoxy) is 1. The number of nitrogens with zero attached hydrogens (tertiary/aromatic N) is 6. The second-order valence-corrected chi connectivity index (χ2v) is 6.47. The monoisotopic (exact) mass is 402 g/mol. The van der Waals surface area contributed by atoms with Crippen molar-refractivity contribution in [2.75, 3.05) is 18.1 Å². The summed E-state index contributed by atoms with van der Waals surface area (Å²) >= 11 is 0. The van der Waals surface area contributed by atoms with Crippen molar-refractivity contribution in [3.8, 4) is 17.5 Å². The van der Waals surface area contributed by atoms with Crippen LogP contribution < -0.4 is 9.64 Å². The fourth-order valence-corrected chi connectivity index (χ4v) is 3.23. The molecule has 1 aliphatic rings. The summed E-state index contributed by atoms with van der Waals surface area (Å²) in [5, 5.41) is 0. The van der Waals surface area contributed by atoms with Crippen LogP contribution in [0.25, 0.3) is 11.6 Å². The number of hydrogen-bond acceptors (Lipinski definition) is 7. The van der Waals surface area contributed by atoms with Crippen molar-refractivity contribution in [3.05, 3.63) is 53.9 Å². The minimum Gasteiger partial charge on any atom is -0.471 e. The van der Waals surface area contributed by atoms with E-state index in [1.54, 1.807) is 24.7 Å². The number of fused-ring (bicyclic) bond motifs is 1. The summed E-state index contributed by atoms with van der Waals surface area (Å²) in [6.45, 7) is 1.60. The van der Waals surface area contributed by atoms with Gasteiger partial charge in [0.1, 0.15) is 11.6 Å². The zero-order valence-electron chi connectivity index (χ0n) is 15.5. The third-order valence-electron chi connectivity index (χ3n) is 4.58. The minimum atomic E-state index is -2.66. The zero-order chi connectivity index (χ0) is 20.4. The summed E-state index contributed by atoms with van der Waals surface area (Å²) in [7, 11) is 0. The highest BCUT2D eigenvalue weighted by molar-refractivity contribution is 5.49. The van der Waals surface area contributed by atoms with Gasteiger partial charge in [-0.15, -0.1) is 0 Å². The summed E-state index contributed by atoms with van der Waals surface area (Å²) in [6, 6.07) is 3.77. The molecule has 150 valence electrons. The van der Waals surface area contributed by atoms with E-state index in [0.717, 1.165) is 17.3 Å². The van der Waals surface area contributed by atoms with Gasteiger partial charge in [0, 0.05) is 49.3 Å². The Hall–Kier alpha value is -3.30. The first-order valence-corrected chi connectivity index (χ1v) is 8.99. The lowest BCUT2D eigenvalue weighted by molar-refractivity contribution is 0.0794. The number of halogens is 3. The molecule has 0 radical (unpaired) electrons. The first kappa shape index (κ1) is 19.0. The molecule has 0 saturated carbocycles. The van der Waals surface area contributed by atoms with Gasteiger partial charge in [0.2, 0.25) is 5.88 Å². The Labute approximate surface area is 164 Å². The maximum Gasteiger partial charge on any atom is 0.272 e. The van der Waals surface area contributed by atoms with Crippen LogP contribution in [0.4, 0.5) is 19.0 Å². The van der Waals surface area contributed by atoms with Crippen molar-refractivity contribution in [1.82, 2.24) is 24.9 Å². The van der Waals surface area contributed by atoms with Crippen LogP contribution in [0, 0.1) is 5.82 Å². The van der Waals surface area contributed by atoms with E-state index in [4.69, 9.17) is 4.74 Å². The Bertz CT molecular complexity index is 1000. The van der Waals surface area contributed by atoms with Crippen LogP contribution in [-0.2, 0) is 6.42 Å². The van der Waals surface area contributed by atoms with Gasteiger partial charge in [-0.1, -0.05) is 0 Å². The Morgan fingerprint density at radius 2 is 1.93 bits per heavy atom. The Kier molecular flexibility index (Phi) is 5.24. The molecule has 0 aliphatic carbocycles. The molecule has 1 unspecified atom stereocenters. The second-order valence-electron chi connectivity index (χ2n) is 6.47. The van der Waals surface area contributed by atoms with Crippen molar-refractivity contribution in [3.63, 3.8) is 0 Å². The maximum absolute atomic E-state index is 14.0. The molecule has 0 aromatic carbocycles. The summed E-state index contributed by atoms with van der Waals surface area (Å²) in [5.74, 6) is 0.411. The Morgan fingerprint density at radius 3 is 2.69 bits per heavy atom. The molecular weight excluding hydrogens is 385 g/mol. The lowest BCUT2D eigenvalue weighted by Crippen LogP contribution is -2.35. The van der Waals surface area contributed by atoms with E-state index in [9.17, 15) is 13.2 Å². The van der Waals surface area contributed by atoms with Gasteiger partial charge in [0.15, 0.2) is 18.3 Å². The smallest absolute Gasteiger partial charge is 0.272 e. The van der Waals surface area contributed by atoms with Crippen molar-refractivity contribution in [2.45, 2.75) is 25.8 Å². The van der Waals surface area contributed by atoms with Crippen molar-refractivity contribution in [1.29, 1.82) is 0 Å². The molecule has 1 aliphatic heterocycles. The van der Waals surface area contributed by atoms with Crippen LogP contribution in [0.5, 0.6) is 5.88 Å². The van der Waals surface area contributed by atoms with Gasteiger partial charge < -0.3 is 9.64 Å². The van der Waals surface area contributed by atoms with Crippen LogP contribution in [-0.4, -0.2) is 44.5 Å². The Morgan fingerprint density at radius 1 is 1.14 bits per heavy atom. The molecule has 0 N–H and O–H groups in total. The SMILES string of the molecule is CC1c2cnc(-c3ncccn3)nc2CCN1c1cc(F)cc(OCC(F)F)n1. The molecule has 0 saturated heterocycles. The predicted molar refractivity (Wildman–Crippen MR) is 98.2 cm³/mol. The number of alkyl halides is 2. The number of rotatable bonds is 5. The van der Waals surface area contributed by atoms with Gasteiger partial charge in [0.25, 0.3) is 6.43 Å². The topological polar surface area (TPSA) is 76.9 Å². The molecule has 0 fully saturated rings. The third-order valence-corrected chi connectivity index (χ3v) is 4.58. The van der Waals surface area contributed by atoms with Gasteiger partial charge in [0.05, 0.1) is 11.7 Å². The molecule has 29 heavy (non-hydrogen) atoms. The van der Waals surface area contributed by atoms with Gasteiger partial charge in [-0.3, -0.25) is 0 Å². The van der Waals surface area contributed by atoms with Crippen LogP contribution >= 0.6 is 0 Å². The largest absolute Gasteiger partial charge is 0.471 e. The van der Waals surface area contributed by atoms with E-state index in [-0.39, 0.29) is 11.9 Å². The van der Waals surface area contributed by atoms with E-state index in [2.05, 4.69) is 24.9 Å². The fraction of sp³-hybridized carbons (Fsp3) is 0.316. The van der Waals surface area contributed by atoms with Gasteiger partial charge in [-0.05, 0) is 13.0 Å². The predicted octanol–water partition coefficient (Wildman–Crippen LogP) is 3.24. The third kappa shape index (κ3) is 4.10. The van der Waals surface area contributed by atoms with E-state index in [0.29, 0.717) is 30.4 Å². The lowest BCUT2D eigenvalue weighted by atomic mass is 9.99. The highest BCUT2D eigenvalue weighted by Crippen LogP contribution is 2.33. The van der Waals surface area contributed by atoms with E-state index >= 15 is 0 Å². The number of pyridine rings is 1. The van der Waals surface area contributed by atoms with Gasteiger partial charge in [-0.25, -0.2) is 33.1 Å². The summed E-state index contributed by atoms with van der Waals surface area (Å²) in [6.07, 6.45) is 2.87. The summed E-state index contributed by atoms with van der Waals surface area (Å²) in [5.41, 5.74) is 1.73. The molecule has 1 atom stereocenters. The lowest BCUT2D eigenvalue weighted by Gasteiger charge is -2.35. The zero-order valence-corrected chi connectivity index (χ0v) is 15.5. The van der Waals surface area contributed by atoms with Crippen LogP contribution in [0.2, 0.25) is 0 Å². The molecule has 4 rings (SSSR count). The first-order chi connectivity index (χ1) is 14.0. The van der Waals surface area contributed by atoms with Gasteiger partial charge >= 0.3 is 0 Å². The molecule has 0 amide bonds. The standard InChI is InChI=1S/C19H17F3N6O/c1-11-13-9-25-19(18-23-4-2-5-24-18)26-14(13)3-6-28(11)16-7-12(20)8-17(27-16)29-10-15(21)22/h2,4-5,7-9,11,15H,3,6,10H2,1H3. The van der Waals surface area contributed by atoms with E-state index < -0.39 is 18.8 Å². The fourth-order valence-electron chi connectivity index (χ4n) is 3.23. The molecule has 7 nitrogen and oxygen atoms in total. The first-order valence-electron chi connectivity index (χ1n) is 8.99. The van der Waals surface area contributed by atoms with E-state index in [1.807, 2.05) is 11.8 Å². The molecule has 10 heteroatoms. The van der Waals surface area contributed by atoms with Crippen LogP contribution in [0.15, 0.2) is 36.8 Å². The van der Waals surface area contributed by atoms with Crippen LogP contribution in [0.1, 0.15) is 24.2 Å². The summed E-state index contributed by atoms with van der Waals surface area (Å²) < 4.78 is 43.6. The quantitative estimate of drug-likeness (QED) is 0.648. The Balaban J connectivity index is 1.60. The molecular formula is C19H17F3N6O. The van der Waals surface area contributed by atoms with Crippen molar-refractivity contribution in [2.24, 2.45) is 0 Å². The molecule has 0 bridgehead atoms. The van der Waals surface area contributed by atoms with Gasteiger partial charge in [-0.2, -0.15) is 4.98 Å². The second kappa shape index (κ2) is 7.98. The number of hydrogen-bond donors (Lipinski definition) is 0. The summed E-state index contributed by atoms with van der Waals surface area (Å²) in [4.78, 5) is 23.3. The average molecular weight is 402 g/mol. The van der Waals surface area contributed by atoms with E-state index in [1.165, 1.54) is 6.07 Å². The maximum atomic E-state index is 14.0. The molecule has 4 heterocycles. The van der Waals surface area contributed by atoms with Crippen molar-refractivity contribution >= 4 is 5.82 Å². The number of anilines is 1. The molecule has 3 aromatic heterocycles. The molecule has 3 aromatic rings. The highest BCUT2D eigenvalue weighted by atomic mass is 19.3. The molecule has 0 spiro atoms. The minimum absolute atomic E-state index is 0.175.